The molecule has 0 radical (unpaired) electrons. The molecule has 0 unspecified atom stereocenters. The quantitative estimate of drug-likeness (QED) is 0.336. The van der Waals surface area contributed by atoms with Gasteiger partial charge >= 0.3 is 6.18 Å². The van der Waals surface area contributed by atoms with E-state index in [4.69, 9.17) is 9.26 Å². The number of fused-ring (bicyclic) bond motifs is 1. The highest BCUT2D eigenvalue weighted by Crippen LogP contribution is 2.41. The predicted octanol–water partition coefficient (Wildman–Crippen LogP) is 4.76. The van der Waals surface area contributed by atoms with Gasteiger partial charge in [-0.25, -0.2) is 18.3 Å². The minimum atomic E-state index is -4.43. The first kappa shape index (κ1) is 29.2. The van der Waals surface area contributed by atoms with E-state index in [9.17, 15) is 31.5 Å². The maximum Gasteiger partial charge on any atom is 0.389 e. The van der Waals surface area contributed by atoms with Crippen molar-refractivity contribution in [3.05, 3.63) is 41.5 Å². The first-order valence-electron chi connectivity index (χ1n) is 12.8. The fourth-order valence-corrected chi connectivity index (χ4v) is 4.46. The summed E-state index contributed by atoms with van der Waals surface area (Å²) in [7, 11) is 0. The van der Waals surface area contributed by atoms with Gasteiger partial charge in [0.1, 0.15) is 11.8 Å². The van der Waals surface area contributed by atoms with Gasteiger partial charge in [0.05, 0.1) is 36.7 Å². The summed E-state index contributed by atoms with van der Waals surface area (Å²) in [6.45, 7) is 3.45. The zero-order valence-electron chi connectivity index (χ0n) is 21.8. The van der Waals surface area contributed by atoms with Gasteiger partial charge in [0.15, 0.2) is 5.65 Å². The highest BCUT2D eigenvalue weighted by molar-refractivity contribution is 5.96. The number of aromatic nitrogens is 4. The number of ether oxygens (including phenoxy) is 1. The number of hydrogen-bond acceptors (Lipinski definition) is 7. The highest BCUT2D eigenvalue weighted by atomic mass is 19.4. The minimum Gasteiger partial charge on any atom is -0.472 e. The smallest absolute Gasteiger partial charge is 0.389 e. The highest BCUT2D eigenvalue weighted by Gasteiger charge is 2.39. The summed E-state index contributed by atoms with van der Waals surface area (Å²) < 4.78 is 76.7. The fraction of sp³-hybridized carbons (Fsp3) is 0.560. The molecule has 1 fully saturated rings. The Morgan fingerprint density at radius 3 is 2.65 bits per heavy atom. The molecular formula is C25H29F5N6O4. The lowest BCUT2D eigenvalue weighted by molar-refractivity contribution is -0.144. The summed E-state index contributed by atoms with van der Waals surface area (Å²) in [5.41, 5.74) is 1.25. The number of rotatable bonds is 10. The lowest BCUT2D eigenvalue weighted by Crippen LogP contribution is -2.37. The van der Waals surface area contributed by atoms with Gasteiger partial charge in [0.2, 0.25) is 11.8 Å². The van der Waals surface area contributed by atoms with Crippen LogP contribution in [0.2, 0.25) is 0 Å². The third-order valence-electron chi connectivity index (χ3n) is 6.49. The van der Waals surface area contributed by atoms with Crippen molar-refractivity contribution in [1.82, 2.24) is 30.4 Å². The molecule has 3 aromatic rings. The molecule has 10 nitrogen and oxygen atoms in total. The third-order valence-corrected chi connectivity index (χ3v) is 6.49. The van der Waals surface area contributed by atoms with E-state index in [1.54, 1.807) is 26.1 Å². The topological polar surface area (TPSA) is 124 Å². The van der Waals surface area contributed by atoms with Crippen LogP contribution in [0.1, 0.15) is 80.0 Å². The number of carbonyl (C=O) groups is 2. The van der Waals surface area contributed by atoms with E-state index in [-0.39, 0.29) is 55.7 Å². The van der Waals surface area contributed by atoms with E-state index < -0.39 is 42.8 Å². The lowest BCUT2D eigenvalue weighted by Gasteiger charge is -2.33. The monoisotopic (exact) mass is 572 g/mol. The summed E-state index contributed by atoms with van der Waals surface area (Å²) in [6.07, 6.45) is -2.86. The van der Waals surface area contributed by atoms with E-state index in [0.717, 1.165) is 6.26 Å². The summed E-state index contributed by atoms with van der Waals surface area (Å²) in [6, 6.07) is 0.834. The van der Waals surface area contributed by atoms with E-state index in [2.05, 4.69) is 25.9 Å². The van der Waals surface area contributed by atoms with E-state index in [1.807, 2.05) is 0 Å². The van der Waals surface area contributed by atoms with Gasteiger partial charge in [-0.1, -0.05) is 0 Å². The van der Waals surface area contributed by atoms with Crippen LogP contribution < -0.4 is 15.4 Å². The number of alkyl halides is 5. The van der Waals surface area contributed by atoms with Crippen LogP contribution >= 0.6 is 0 Å². The van der Waals surface area contributed by atoms with Gasteiger partial charge in [-0.05, 0) is 49.4 Å². The fourth-order valence-electron chi connectivity index (χ4n) is 4.46. The second-order valence-corrected chi connectivity index (χ2v) is 10.1. The maximum absolute atomic E-state index is 13.9. The Morgan fingerprint density at radius 2 is 1.98 bits per heavy atom. The van der Waals surface area contributed by atoms with Crippen molar-refractivity contribution in [2.45, 2.75) is 83.2 Å². The zero-order chi connectivity index (χ0) is 29.1. The minimum absolute atomic E-state index is 0.0000168. The van der Waals surface area contributed by atoms with Crippen LogP contribution in [0.3, 0.4) is 0 Å². The van der Waals surface area contributed by atoms with Crippen molar-refractivity contribution >= 4 is 17.5 Å². The molecular weight excluding hydrogens is 543 g/mol. The maximum atomic E-state index is 13.9. The number of nitrogens with zero attached hydrogens (tertiary/aromatic N) is 4. The van der Waals surface area contributed by atoms with Crippen LogP contribution in [0.15, 0.2) is 29.2 Å². The van der Waals surface area contributed by atoms with Crippen LogP contribution in [0, 0.1) is 5.92 Å². The Balaban J connectivity index is 1.53. The molecule has 1 aliphatic rings. The molecule has 3 aromatic heterocycles. The van der Waals surface area contributed by atoms with Gasteiger partial charge in [-0.3, -0.25) is 9.59 Å². The Morgan fingerprint density at radius 1 is 1.25 bits per heavy atom. The predicted molar refractivity (Wildman–Crippen MR) is 130 cm³/mol. The Bertz CT molecular complexity index is 1330. The summed E-state index contributed by atoms with van der Waals surface area (Å²) in [5, 5.41) is 13.2. The third kappa shape index (κ3) is 7.66. The molecule has 218 valence electrons. The largest absolute Gasteiger partial charge is 0.472 e. The molecule has 2 amide bonds. The van der Waals surface area contributed by atoms with Crippen molar-refractivity contribution in [3.63, 3.8) is 0 Å². The zero-order valence-corrected chi connectivity index (χ0v) is 21.8. The lowest BCUT2D eigenvalue weighted by atomic mass is 9.81. The van der Waals surface area contributed by atoms with E-state index >= 15 is 0 Å². The number of imidazole rings is 1. The molecule has 0 bridgehead atoms. The second kappa shape index (κ2) is 11.8. The summed E-state index contributed by atoms with van der Waals surface area (Å²) in [5.74, 6) is -4.47. The Labute approximate surface area is 225 Å². The molecule has 2 N–H and O–H groups in total. The van der Waals surface area contributed by atoms with Crippen LogP contribution in [0.25, 0.3) is 5.65 Å². The van der Waals surface area contributed by atoms with Crippen molar-refractivity contribution in [3.8, 4) is 5.88 Å². The van der Waals surface area contributed by atoms with Crippen molar-refractivity contribution in [2.75, 3.05) is 0 Å². The molecule has 0 spiro atoms. The average Bonchev–Trinajstić information content (AvgIpc) is 3.50. The van der Waals surface area contributed by atoms with Gasteiger partial charge in [0, 0.05) is 25.8 Å². The van der Waals surface area contributed by atoms with Gasteiger partial charge in [-0.2, -0.15) is 18.3 Å². The van der Waals surface area contributed by atoms with Crippen LogP contribution in [0.4, 0.5) is 22.0 Å². The Kier molecular flexibility index (Phi) is 8.59. The molecule has 15 heteroatoms. The van der Waals surface area contributed by atoms with Crippen LogP contribution in [-0.4, -0.2) is 49.8 Å². The molecule has 1 saturated carbocycles. The molecule has 0 saturated heterocycles. The standard InChI is InChI=1S/C25H29F5N6O4/c1-14(2)40-23-17(13-39-35-23)22(38)34-21(16-3-6-24(26,27)7-4-16)18-12-36-19(33-18)9-15(11-32-36)10-31-20(37)5-8-25(28,29)30/h9,11-14,16,21H,3-8,10H2,1-2H3,(H,31,37)(H,34,38)/t21-/m0/s1. The average molecular weight is 573 g/mol. The molecule has 40 heavy (non-hydrogen) atoms. The molecule has 0 aliphatic heterocycles. The second-order valence-electron chi connectivity index (χ2n) is 10.1. The number of nitrogens with one attached hydrogen (secondary N) is 2. The van der Waals surface area contributed by atoms with Gasteiger partial charge in [0.25, 0.3) is 11.8 Å². The van der Waals surface area contributed by atoms with Crippen LogP contribution in [-0.2, 0) is 11.3 Å². The molecule has 3 heterocycles. The van der Waals surface area contributed by atoms with E-state index in [0.29, 0.717) is 16.9 Å². The van der Waals surface area contributed by atoms with E-state index in [1.165, 1.54) is 10.7 Å². The molecule has 0 aromatic carbocycles. The number of carbonyl (C=O) groups excluding carboxylic acids is 2. The molecule has 4 rings (SSSR count). The first-order chi connectivity index (χ1) is 18.8. The molecule has 1 aliphatic carbocycles. The van der Waals surface area contributed by atoms with Crippen LogP contribution in [0.5, 0.6) is 5.88 Å². The number of hydrogen-bond donors (Lipinski definition) is 2. The number of halogens is 5. The number of amides is 2. The van der Waals surface area contributed by atoms with Crippen molar-refractivity contribution in [2.24, 2.45) is 5.92 Å². The summed E-state index contributed by atoms with van der Waals surface area (Å²) in [4.78, 5) is 29.5. The first-order valence-corrected chi connectivity index (χ1v) is 12.8. The summed E-state index contributed by atoms with van der Waals surface area (Å²) >= 11 is 0. The van der Waals surface area contributed by atoms with Gasteiger partial charge < -0.3 is 19.9 Å². The normalized spacial score (nSPS) is 16.7. The Hall–Kier alpha value is -3.78. The molecule has 1 atom stereocenters. The van der Waals surface area contributed by atoms with Gasteiger partial charge in [-0.15, -0.1) is 0 Å². The van der Waals surface area contributed by atoms with Crippen molar-refractivity contribution < 1.29 is 40.8 Å². The SMILES string of the molecule is CC(C)Oc1nocc1C(=O)N[C@H](c1cn2ncc(CNC(=O)CCC(F)(F)F)cc2n1)C1CCC(F)(F)CC1. The van der Waals surface area contributed by atoms with Crippen molar-refractivity contribution in [1.29, 1.82) is 0 Å².